The molecule has 6 rings (SSSR count). The number of hydrogen-bond donors (Lipinski definition) is 2. The minimum absolute atomic E-state index is 0.0167. The summed E-state index contributed by atoms with van der Waals surface area (Å²) in [6.07, 6.45) is 5.97. The number of rotatable bonds is 6. The van der Waals surface area contributed by atoms with E-state index in [9.17, 15) is 27.2 Å². The van der Waals surface area contributed by atoms with Gasteiger partial charge in [0.2, 0.25) is 27.7 Å². The van der Waals surface area contributed by atoms with E-state index in [1.807, 2.05) is 19.1 Å². The number of nitrogens with two attached hydrogens (primary N) is 1. The number of hydrogen-bond acceptors (Lipinski definition) is 10. The molecule has 4 aliphatic rings. The summed E-state index contributed by atoms with van der Waals surface area (Å²) in [5, 5.41) is 1.01. The quantitative estimate of drug-likeness (QED) is 0.431. The Labute approximate surface area is 279 Å². The Bertz CT molecular complexity index is 1760. The van der Waals surface area contributed by atoms with E-state index in [0.29, 0.717) is 42.9 Å². The van der Waals surface area contributed by atoms with E-state index >= 15 is 0 Å². The number of pyridine rings is 1. The lowest BCUT2D eigenvalue weighted by molar-refractivity contribution is -0.143. The van der Waals surface area contributed by atoms with Crippen molar-refractivity contribution in [1.82, 2.24) is 14.6 Å². The molecule has 3 N–H and O–H groups in total. The standard InChI is InChI=1S/C34H43FN4O8S/c1-19-7-5-6-8-22-16-34(22,32(42)38-48(43,44)33(3)10-11-33)17-27(40)26-14-23(18-39(26)31(41)29(36)20(2)46-19)47-30-24-15-25(35)28(45-4)13-21(24)9-12-37-30/h6,8-9,12-13,15,19-20,22-23,26,29H,5,7,10-11,14,16-18,36H2,1-4H3,(H,38,42)/b8-6-/t19-,20+,22-,23-,26+,29+,34-/m1/s1. The van der Waals surface area contributed by atoms with Crippen LogP contribution in [0.5, 0.6) is 11.6 Å². The molecule has 0 radical (unpaired) electrons. The van der Waals surface area contributed by atoms with Gasteiger partial charge in [0, 0.05) is 24.4 Å². The van der Waals surface area contributed by atoms with Crippen molar-refractivity contribution < 1.29 is 41.4 Å². The molecule has 1 aromatic carbocycles. The highest BCUT2D eigenvalue weighted by molar-refractivity contribution is 7.91. The maximum atomic E-state index is 14.7. The number of methoxy groups -OCH3 is 1. The summed E-state index contributed by atoms with van der Waals surface area (Å²) in [7, 11) is -2.57. The van der Waals surface area contributed by atoms with E-state index in [0.717, 1.165) is 0 Å². The summed E-state index contributed by atoms with van der Waals surface area (Å²) < 4.78 is 59.5. The van der Waals surface area contributed by atoms with Gasteiger partial charge in [-0.15, -0.1) is 0 Å². The Hall–Kier alpha value is -3.62. The second-order valence-electron chi connectivity index (χ2n) is 14.0. The van der Waals surface area contributed by atoms with E-state index in [4.69, 9.17) is 19.9 Å². The molecule has 14 heteroatoms. The van der Waals surface area contributed by atoms with Gasteiger partial charge in [-0.1, -0.05) is 12.2 Å². The number of fused-ring (bicyclic) bond motifs is 3. The molecule has 7 atom stereocenters. The summed E-state index contributed by atoms with van der Waals surface area (Å²) in [6.45, 7) is 5.18. The van der Waals surface area contributed by atoms with Crippen molar-refractivity contribution in [3.05, 3.63) is 42.4 Å². The third-order valence-corrected chi connectivity index (χ3v) is 12.6. The molecule has 2 amide bonds. The van der Waals surface area contributed by atoms with E-state index in [1.165, 1.54) is 30.3 Å². The van der Waals surface area contributed by atoms with Gasteiger partial charge in [-0.05, 0) is 82.4 Å². The Morgan fingerprint density at radius 2 is 1.98 bits per heavy atom. The van der Waals surface area contributed by atoms with Crippen LogP contribution < -0.4 is 19.9 Å². The van der Waals surface area contributed by atoms with Crippen LogP contribution in [-0.2, 0) is 29.1 Å². The summed E-state index contributed by atoms with van der Waals surface area (Å²) in [4.78, 5) is 47.6. The topological polar surface area (TPSA) is 167 Å². The first-order valence-corrected chi connectivity index (χ1v) is 17.9. The number of aromatic nitrogens is 1. The van der Waals surface area contributed by atoms with Gasteiger partial charge in [0.1, 0.15) is 12.1 Å². The molecule has 2 aliphatic heterocycles. The second kappa shape index (κ2) is 12.7. The first-order valence-electron chi connectivity index (χ1n) is 16.4. The van der Waals surface area contributed by atoms with Gasteiger partial charge in [0.15, 0.2) is 17.3 Å². The number of sulfonamides is 1. The zero-order valence-electron chi connectivity index (χ0n) is 27.6. The van der Waals surface area contributed by atoms with Crippen LogP contribution in [-0.4, -0.2) is 84.7 Å². The smallest absolute Gasteiger partial charge is 0.242 e. The normalized spacial score (nSPS) is 32.8. The van der Waals surface area contributed by atoms with E-state index < -0.39 is 67.9 Å². The first-order chi connectivity index (χ1) is 22.7. The lowest BCUT2D eigenvalue weighted by Crippen LogP contribution is -2.54. The van der Waals surface area contributed by atoms with E-state index in [-0.39, 0.29) is 43.0 Å². The van der Waals surface area contributed by atoms with Gasteiger partial charge in [-0.3, -0.25) is 19.1 Å². The van der Waals surface area contributed by atoms with Gasteiger partial charge < -0.3 is 24.8 Å². The minimum Gasteiger partial charge on any atom is -0.494 e. The van der Waals surface area contributed by atoms with Crippen LogP contribution in [0.3, 0.4) is 0 Å². The number of nitrogens with one attached hydrogen (secondary N) is 1. The monoisotopic (exact) mass is 686 g/mol. The van der Waals surface area contributed by atoms with Crippen molar-refractivity contribution in [3.8, 4) is 11.6 Å². The molecular formula is C34H43FN4O8S. The number of amides is 2. The molecular weight excluding hydrogens is 643 g/mol. The van der Waals surface area contributed by atoms with Gasteiger partial charge >= 0.3 is 0 Å². The molecule has 2 aliphatic carbocycles. The zero-order chi connectivity index (χ0) is 34.6. The Kier molecular flexibility index (Phi) is 9.05. The fraction of sp³-hybridized carbons (Fsp3) is 0.588. The number of ketones is 1. The average molecular weight is 687 g/mol. The van der Waals surface area contributed by atoms with Crippen LogP contribution >= 0.6 is 0 Å². The summed E-state index contributed by atoms with van der Waals surface area (Å²) >= 11 is 0. The molecule has 48 heavy (non-hydrogen) atoms. The molecule has 0 bridgehead atoms. The van der Waals surface area contributed by atoms with Crippen LogP contribution in [0.2, 0.25) is 0 Å². The van der Waals surface area contributed by atoms with Crippen LogP contribution in [0.15, 0.2) is 36.5 Å². The van der Waals surface area contributed by atoms with Crippen LogP contribution in [0, 0.1) is 17.2 Å². The highest BCUT2D eigenvalue weighted by Gasteiger charge is 2.62. The highest BCUT2D eigenvalue weighted by atomic mass is 32.2. The minimum atomic E-state index is -3.94. The number of carbonyl (C=O) groups excluding carboxylic acids is 3. The number of ether oxygens (including phenoxy) is 3. The number of nitrogens with zero attached hydrogens (tertiary/aromatic N) is 2. The molecule has 1 aromatic heterocycles. The van der Waals surface area contributed by atoms with E-state index in [1.54, 1.807) is 19.9 Å². The summed E-state index contributed by atoms with van der Waals surface area (Å²) in [5.74, 6) is -2.38. The molecule has 2 saturated carbocycles. The SMILES string of the molecule is COc1cc2ccnc(O[C@@H]3C[C@H]4C(=O)C[C@]5(C(=O)NS(=O)(=O)C6(C)CC6)C[C@H]5/C=C\CC[C@@H](C)O[C@@H](C)[C@H](N)C(=O)N4C3)c2cc1F. The van der Waals surface area contributed by atoms with Crippen molar-refractivity contribution in [2.45, 2.75) is 101 Å². The molecule has 0 spiro atoms. The molecule has 2 aromatic rings. The Morgan fingerprint density at radius 3 is 2.69 bits per heavy atom. The lowest BCUT2D eigenvalue weighted by Gasteiger charge is -2.30. The summed E-state index contributed by atoms with van der Waals surface area (Å²) in [6, 6.07) is 2.38. The molecule has 1 saturated heterocycles. The first kappa shape index (κ1) is 34.3. The predicted octanol–water partition coefficient (Wildman–Crippen LogP) is 3.17. The Morgan fingerprint density at radius 1 is 1.23 bits per heavy atom. The van der Waals surface area contributed by atoms with Crippen LogP contribution in [0.4, 0.5) is 4.39 Å². The van der Waals surface area contributed by atoms with Gasteiger partial charge in [-0.2, -0.15) is 0 Å². The van der Waals surface area contributed by atoms with Crippen molar-refractivity contribution in [3.63, 3.8) is 0 Å². The molecule has 12 nitrogen and oxygen atoms in total. The Balaban J connectivity index is 1.31. The fourth-order valence-electron chi connectivity index (χ4n) is 6.84. The van der Waals surface area contributed by atoms with Crippen molar-refractivity contribution in [2.75, 3.05) is 13.7 Å². The number of halogens is 1. The molecule has 0 unspecified atom stereocenters. The van der Waals surface area contributed by atoms with Gasteiger partial charge in [0.05, 0.1) is 42.1 Å². The van der Waals surface area contributed by atoms with Gasteiger partial charge in [-0.25, -0.2) is 17.8 Å². The lowest BCUT2D eigenvalue weighted by atomic mass is 9.91. The third-order valence-electron chi connectivity index (χ3n) is 10.4. The average Bonchev–Trinajstić information content (AvgIpc) is 3.92. The summed E-state index contributed by atoms with van der Waals surface area (Å²) in [5.41, 5.74) is 5.16. The third kappa shape index (κ3) is 6.41. The van der Waals surface area contributed by atoms with E-state index in [2.05, 4.69) is 9.71 Å². The van der Waals surface area contributed by atoms with Crippen molar-refractivity contribution >= 4 is 38.4 Å². The second-order valence-corrected chi connectivity index (χ2v) is 16.2. The molecule has 260 valence electrons. The fourth-order valence-corrected chi connectivity index (χ4v) is 8.17. The number of allylic oxidation sites excluding steroid dienone is 2. The zero-order valence-corrected chi connectivity index (χ0v) is 28.4. The highest BCUT2D eigenvalue weighted by Crippen LogP contribution is 2.57. The number of carbonyl (C=O) groups is 3. The largest absolute Gasteiger partial charge is 0.494 e. The predicted molar refractivity (Wildman–Crippen MR) is 174 cm³/mol. The number of Topliss-reactive ketones (excluding diaryl/α,β-unsaturated/α-hetero) is 1. The van der Waals surface area contributed by atoms with Crippen molar-refractivity contribution in [2.24, 2.45) is 17.1 Å². The van der Waals surface area contributed by atoms with Crippen molar-refractivity contribution in [1.29, 1.82) is 0 Å². The van der Waals surface area contributed by atoms with Gasteiger partial charge in [0.25, 0.3) is 0 Å². The van der Waals surface area contributed by atoms with Crippen LogP contribution in [0.1, 0.15) is 65.7 Å². The maximum absolute atomic E-state index is 14.7. The maximum Gasteiger partial charge on any atom is 0.242 e. The van der Waals surface area contributed by atoms with Crippen LogP contribution in [0.25, 0.3) is 10.8 Å². The molecule has 3 heterocycles. The molecule has 3 fully saturated rings. The number of benzene rings is 1.